The minimum atomic E-state index is -0.730. The monoisotopic (exact) mass is 333 g/mol. The maximum atomic E-state index is 13.9. The minimum absolute atomic E-state index is 0.205. The molecule has 0 aliphatic heterocycles. The lowest BCUT2D eigenvalue weighted by molar-refractivity contribution is -0.0147. The van der Waals surface area contributed by atoms with Crippen molar-refractivity contribution < 1.29 is 13.5 Å². The molecular weight excluding hydrogens is 308 g/mol. The van der Waals surface area contributed by atoms with Gasteiger partial charge in [-0.1, -0.05) is 6.92 Å². The molecule has 0 aromatic heterocycles. The first-order valence-electron chi connectivity index (χ1n) is 9.13. The van der Waals surface area contributed by atoms with Crippen LogP contribution in [-0.4, -0.2) is 12.7 Å². The molecule has 4 unspecified atom stereocenters. The molecule has 0 spiro atoms. The Hall–Kier alpha value is -1.47. The van der Waals surface area contributed by atoms with Gasteiger partial charge in [-0.2, -0.15) is 5.26 Å². The van der Waals surface area contributed by atoms with E-state index in [-0.39, 0.29) is 5.92 Å². The Kier molecular flexibility index (Phi) is 5.50. The van der Waals surface area contributed by atoms with Crippen LogP contribution < -0.4 is 0 Å². The van der Waals surface area contributed by atoms with Crippen molar-refractivity contribution >= 4 is 0 Å². The van der Waals surface area contributed by atoms with Crippen LogP contribution in [0.5, 0.6) is 0 Å². The quantitative estimate of drug-likeness (QED) is 0.747. The Morgan fingerprint density at radius 1 is 1.08 bits per heavy atom. The highest BCUT2D eigenvalue weighted by molar-refractivity contribution is 5.36. The van der Waals surface area contributed by atoms with E-state index in [1.165, 1.54) is 12.1 Å². The number of nitrogens with zero attached hydrogens (tertiary/aromatic N) is 1. The number of hydrogen-bond acceptors (Lipinski definition) is 2. The number of hydrogen-bond donors (Lipinski definition) is 0. The number of nitriles is 1. The second-order valence-corrected chi connectivity index (χ2v) is 7.31. The molecule has 0 saturated heterocycles. The van der Waals surface area contributed by atoms with Crippen LogP contribution in [0.3, 0.4) is 0 Å². The van der Waals surface area contributed by atoms with Gasteiger partial charge in [-0.3, -0.25) is 0 Å². The van der Waals surface area contributed by atoms with Gasteiger partial charge in [0, 0.05) is 6.61 Å². The Morgan fingerprint density at radius 2 is 1.75 bits per heavy atom. The fourth-order valence-electron chi connectivity index (χ4n) is 4.52. The van der Waals surface area contributed by atoms with E-state index in [4.69, 9.17) is 10.00 Å². The van der Waals surface area contributed by atoms with E-state index in [1.54, 1.807) is 6.07 Å². The third kappa shape index (κ3) is 3.62. The van der Waals surface area contributed by atoms with Crippen LogP contribution in [-0.2, 0) is 4.74 Å². The molecule has 0 bridgehead atoms. The van der Waals surface area contributed by atoms with Crippen LogP contribution in [0.2, 0.25) is 0 Å². The summed E-state index contributed by atoms with van der Waals surface area (Å²) < 4.78 is 33.7. The third-order valence-electron chi connectivity index (χ3n) is 5.77. The lowest BCUT2D eigenvalue weighted by Crippen LogP contribution is -2.34. The highest BCUT2D eigenvalue weighted by Gasteiger charge is 2.36. The van der Waals surface area contributed by atoms with Crippen molar-refractivity contribution in [3.05, 3.63) is 34.9 Å². The van der Waals surface area contributed by atoms with Crippen molar-refractivity contribution in [3.63, 3.8) is 0 Å². The second-order valence-electron chi connectivity index (χ2n) is 7.31. The van der Waals surface area contributed by atoms with Gasteiger partial charge >= 0.3 is 0 Å². The predicted octanol–water partition coefficient (Wildman–Crippen LogP) is 5.32. The maximum absolute atomic E-state index is 13.9. The first-order valence-corrected chi connectivity index (χ1v) is 9.13. The van der Waals surface area contributed by atoms with Gasteiger partial charge in [0.15, 0.2) is 0 Å². The number of fused-ring (bicyclic) bond motifs is 1. The number of rotatable bonds is 4. The second kappa shape index (κ2) is 7.61. The van der Waals surface area contributed by atoms with E-state index < -0.39 is 17.2 Å². The summed E-state index contributed by atoms with van der Waals surface area (Å²) in [4.78, 5) is 0. The molecule has 4 heteroatoms. The molecule has 130 valence electrons. The Bertz CT molecular complexity index is 602. The van der Waals surface area contributed by atoms with Crippen molar-refractivity contribution in [1.29, 1.82) is 5.26 Å². The minimum Gasteiger partial charge on any atom is -0.378 e. The standard InChI is InChI=1S/C20H25F2NO/c1-2-7-24-17-6-5-13-8-14(3-4-15(13)9-17)16-10-19(21)18(12-23)20(22)11-16/h10-11,13-15,17H,2-9H2,1H3. The van der Waals surface area contributed by atoms with Crippen LogP contribution in [0.1, 0.15) is 68.9 Å². The number of halogens is 2. The van der Waals surface area contributed by atoms with Crippen molar-refractivity contribution in [1.82, 2.24) is 0 Å². The van der Waals surface area contributed by atoms with E-state index in [1.807, 2.05) is 0 Å². The first-order chi connectivity index (χ1) is 11.6. The Morgan fingerprint density at radius 3 is 2.42 bits per heavy atom. The lowest BCUT2D eigenvalue weighted by atomic mass is 9.65. The smallest absolute Gasteiger partial charge is 0.144 e. The van der Waals surface area contributed by atoms with E-state index in [2.05, 4.69) is 6.92 Å². The van der Waals surface area contributed by atoms with Gasteiger partial charge in [0.1, 0.15) is 23.3 Å². The zero-order valence-electron chi connectivity index (χ0n) is 14.2. The zero-order chi connectivity index (χ0) is 17.1. The fourth-order valence-corrected chi connectivity index (χ4v) is 4.52. The van der Waals surface area contributed by atoms with Crippen LogP contribution in [0.25, 0.3) is 0 Å². The van der Waals surface area contributed by atoms with E-state index in [9.17, 15) is 8.78 Å². The van der Waals surface area contributed by atoms with E-state index in [0.717, 1.165) is 51.6 Å². The summed E-state index contributed by atoms with van der Waals surface area (Å²) in [5.41, 5.74) is 0.243. The summed E-state index contributed by atoms with van der Waals surface area (Å²) in [6.07, 6.45) is 7.90. The molecular formula is C20H25F2NO. The average molecular weight is 333 g/mol. The van der Waals surface area contributed by atoms with Crippen LogP contribution >= 0.6 is 0 Å². The molecule has 2 fully saturated rings. The molecule has 0 amide bonds. The first kappa shape index (κ1) is 17.4. The molecule has 2 aliphatic rings. The Labute approximate surface area is 142 Å². The summed E-state index contributed by atoms with van der Waals surface area (Å²) in [5, 5.41) is 8.80. The molecule has 0 heterocycles. The molecule has 0 N–H and O–H groups in total. The van der Waals surface area contributed by atoms with E-state index in [0.29, 0.717) is 23.5 Å². The van der Waals surface area contributed by atoms with E-state index >= 15 is 0 Å². The van der Waals surface area contributed by atoms with Crippen LogP contribution in [0.4, 0.5) is 8.78 Å². The molecule has 1 aromatic carbocycles. The molecule has 3 rings (SSSR count). The van der Waals surface area contributed by atoms with Gasteiger partial charge in [-0.05, 0) is 80.4 Å². The van der Waals surface area contributed by atoms with Gasteiger partial charge < -0.3 is 4.74 Å². The predicted molar refractivity (Wildman–Crippen MR) is 88.5 cm³/mol. The molecule has 24 heavy (non-hydrogen) atoms. The maximum Gasteiger partial charge on any atom is 0.144 e. The molecule has 4 atom stereocenters. The summed E-state index contributed by atoms with van der Waals surface area (Å²) in [5.74, 6) is 0.0608. The molecule has 1 aromatic rings. The zero-order valence-corrected chi connectivity index (χ0v) is 14.2. The number of benzene rings is 1. The molecule has 0 radical (unpaired) electrons. The largest absolute Gasteiger partial charge is 0.378 e. The van der Waals surface area contributed by atoms with Crippen LogP contribution in [0.15, 0.2) is 12.1 Å². The fraction of sp³-hybridized carbons (Fsp3) is 0.650. The van der Waals surface area contributed by atoms with Crippen molar-refractivity contribution in [2.45, 2.75) is 63.9 Å². The van der Waals surface area contributed by atoms with Crippen molar-refractivity contribution in [3.8, 4) is 6.07 Å². The summed E-state index contributed by atoms with van der Waals surface area (Å²) in [7, 11) is 0. The van der Waals surface area contributed by atoms with Crippen molar-refractivity contribution in [2.75, 3.05) is 6.61 Å². The summed E-state index contributed by atoms with van der Waals surface area (Å²) >= 11 is 0. The molecule has 2 aliphatic carbocycles. The highest BCUT2D eigenvalue weighted by atomic mass is 19.1. The topological polar surface area (TPSA) is 33.0 Å². The summed E-state index contributed by atoms with van der Waals surface area (Å²) in [6, 6.07) is 4.32. The third-order valence-corrected chi connectivity index (χ3v) is 5.77. The van der Waals surface area contributed by atoms with Crippen LogP contribution in [0, 0.1) is 34.8 Å². The lowest BCUT2D eigenvalue weighted by Gasteiger charge is -2.42. The van der Waals surface area contributed by atoms with Gasteiger partial charge in [0.25, 0.3) is 0 Å². The summed E-state index contributed by atoms with van der Waals surface area (Å²) in [6.45, 7) is 2.97. The highest BCUT2D eigenvalue weighted by Crippen LogP contribution is 2.46. The normalized spacial score (nSPS) is 29.8. The Balaban J connectivity index is 1.65. The average Bonchev–Trinajstić information content (AvgIpc) is 2.59. The molecule has 2 saturated carbocycles. The van der Waals surface area contributed by atoms with Gasteiger partial charge in [0.05, 0.1) is 6.10 Å². The van der Waals surface area contributed by atoms with Gasteiger partial charge in [-0.25, -0.2) is 8.78 Å². The van der Waals surface area contributed by atoms with Gasteiger partial charge in [0.2, 0.25) is 0 Å². The number of ether oxygens (including phenoxy) is 1. The SMILES string of the molecule is CCCOC1CCC2CC(c3cc(F)c(C#N)c(F)c3)CCC2C1. The van der Waals surface area contributed by atoms with Gasteiger partial charge in [-0.15, -0.1) is 0 Å². The molecule has 2 nitrogen and oxygen atoms in total. The van der Waals surface area contributed by atoms with Crippen molar-refractivity contribution in [2.24, 2.45) is 11.8 Å².